The molecule has 0 aliphatic heterocycles. The van der Waals surface area contributed by atoms with Gasteiger partial charge in [-0.2, -0.15) is 4.98 Å². The van der Waals surface area contributed by atoms with E-state index in [1.54, 1.807) is 33.5 Å². The van der Waals surface area contributed by atoms with Crippen LogP contribution in [0.15, 0.2) is 48.7 Å². The molecule has 1 heterocycles. The number of hydrogen-bond donors (Lipinski definition) is 1. The summed E-state index contributed by atoms with van der Waals surface area (Å²) in [5.41, 5.74) is 2.65. The number of carbonyl (C=O) groups is 1. The highest BCUT2D eigenvalue weighted by Gasteiger charge is 2.14. The smallest absolute Gasteiger partial charge is 0.253 e. The summed E-state index contributed by atoms with van der Waals surface area (Å²) in [7, 11) is 4.93. The van der Waals surface area contributed by atoms with Gasteiger partial charge in [-0.05, 0) is 42.8 Å². The van der Waals surface area contributed by atoms with Crippen LogP contribution in [0.3, 0.4) is 0 Å². The number of aromatic nitrogens is 2. The Morgan fingerprint density at radius 3 is 2.52 bits per heavy atom. The Morgan fingerprint density at radius 2 is 1.86 bits per heavy atom. The molecule has 0 spiro atoms. The van der Waals surface area contributed by atoms with Crippen molar-refractivity contribution in [1.29, 1.82) is 0 Å². The van der Waals surface area contributed by atoms with Crippen LogP contribution in [0.25, 0.3) is 11.4 Å². The molecule has 7 nitrogen and oxygen atoms in total. The third kappa shape index (κ3) is 4.82. The first kappa shape index (κ1) is 20.1. The van der Waals surface area contributed by atoms with Gasteiger partial charge in [-0.1, -0.05) is 12.1 Å². The normalized spacial score (nSPS) is 10.5. The Morgan fingerprint density at radius 1 is 1.14 bits per heavy atom. The molecule has 0 atom stereocenters. The Balaban J connectivity index is 1.85. The summed E-state index contributed by atoms with van der Waals surface area (Å²) in [6, 6.07) is 12.2. The lowest BCUT2D eigenvalue weighted by Gasteiger charge is -2.13. The van der Waals surface area contributed by atoms with Gasteiger partial charge in [0.25, 0.3) is 5.91 Å². The summed E-state index contributed by atoms with van der Waals surface area (Å²) >= 11 is 0. The van der Waals surface area contributed by atoms with E-state index >= 15 is 0 Å². The molecule has 29 heavy (non-hydrogen) atoms. The van der Waals surface area contributed by atoms with E-state index in [9.17, 15) is 9.90 Å². The van der Waals surface area contributed by atoms with Gasteiger partial charge < -0.3 is 19.5 Å². The number of methoxy groups -OCH3 is 1. The van der Waals surface area contributed by atoms with Gasteiger partial charge in [0.15, 0.2) is 5.82 Å². The Hall–Kier alpha value is -3.61. The van der Waals surface area contributed by atoms with Crippen LogP contribution in [0, 0.1) is 6.92 Å². The second kappa shape index (κ2) is 8.60. The van der Waals surface area contributed by atoms with Crippen molar-refractivity contribution in [2.75, 3.05) is 21.2 Å². The van der Waals surface area contributed by atoms with Crippen molar-refractivity contribution in [3.63, 3.8) is 0 Å². The molecule has 2 aromatic carbocycles. The molecule has 0 radical (unpaired) electrons. The van der Waals surface area contributed by atoms with Gasteiger partial charge in [0.1, 0.15) is 18.1 Å². The van der Waals surface area contributed by atoms with E-state index in [0.29, 0.717) is 29.4 Å². The van der Waals surface area contributed by atoms with Crippen molar-refractivity contribution >= 4 is 5.91 Å². The maximum absolute atomic E-state index is 12.2. The number of aryl methyl sites for hydroxylation is 1. The quantitative estimate of drug-likeness (QED) is 0.691. The molecule has 1 amide bonds. The number of hydrogen-bond acceptors (Lipinski definition) is 6. The summed E-state index contributed by atoms with van der Waals surface area (Å²) in [5.74, 6) is 1.34. The van der Waals surface area contributed by atoms with Crippen LogP contribution in [0.1, 0.15) is 21.5 Å². The number of aromatic hydroxyl groups is 1. The second-order valence-corrected chi connectivity index (χ2v) is 6.79. The van der Waals surface area contributed by atoms with Crippen molar-refractivity contribution in [3.05, 3.63) is 65.4 Å². The molecular weight excluding hydrogens is 370 g/mol. The molecule has 7 heteroatoms. The largest absolute Gasteiger partial charge is 0.508 e. The zero-order valence-electron chi connectivity index (χ0n) is 16.8. The van der Waals surface area contributed by atoms with E-state index in [2.05, 4.69) is 9.97 Å². The number of ether oxygens (including phenoxy) is 2. The molecule has 0 saturated heterocycles. The minimum atomic E-state index is -0.217. The number of carbonyl (C=O) groups excluding carboxylic acids is 1. The predicted octanol–water partition coefficient (Wildman–Crippen LogP) is 3.45. The lowest BCUT2D eigenvalue weighted by atomic mass is 10.1. The molecule has 0 fully saturated rings. The fraction of sp³-hybridized carbons (Fsp3) is 0.227. The first-order chi connectivity index (χ1) is 13.9. The zero-order chi connectivity index (χ0) is 21.0. The molecular formula is C22H23N3O4. The molecule has 1 N–H and O–H groups in total. The van der Waals surface area contributed by atoms with Gasteiger partial charge in [-0.3, -0.25) is 4.79 Å². The van der Waals surface area contributed by atoms with Crippen molar-refractivity contribution in [2.45, 2.75) is 13.5 Å². The number of phenolic OH excluding ortho intramolecular Hbond substituents is 1. The van der Waals surface area contributed by atoms with Gasteiger partial charge in [0.2, 0.25) is 5.88 Å². The average Bonchev–Trinajstić information content (AvgIpc) is 2.72. The molecule has 0 aliphatic rings. The van der Waals surface area contributed by atoms with Crippen LogP contribution >= 0.6 is 0 Å². The summed E-state index contributed by atoms with van der Waals surface area (Å²) in [4.78, 5) is 22.5. The number of benzene rings is 2. The SMILES string of the molecule is COc1ccc(COc2nc(-c3cc(O)cc(C(=O)N(C)C)c3)ncc2C)cc1. The fourth-order valence-corrected chi connectivity index (χ4v) is 2.71. The molecule has 3 rings (SSSR count). The Bertz CT molecular complexity index is 1020. The average molecular weight is 393 g/mol. The maximum Gasteiger partial charge on any atom is 0.253 e. The van der Waals surface area contributed by atoms with Gasteiger partial charge in [0, 0.05) is 37.0 Å². The summed E-state index contributed by atoms with van der Waals surface area (Å²) in [6.45, 7) is 2.20. The maximum atomic E-state index is 12.2. The molecule has 150 valence electrons. The van der Waals surface area contributed by atoms with Gasteiger partial charge in [0.05, 0.1) is 7.11 Å². The highest BCUT2D eigenvalue weighted by Crippen LogP contribution is 2.26. The number of rotatable bonds is 6. The monoisotopic (exact) mass is 393 g/mol. The van der Waals surface area contributed by atoms with Crippen LogP contribution in [-0.4, -0.2) is 47.1 Å². The molecule has 0 bridgehead atoms. The van der Waals surface area contributed by atoms with Crippen LogP contribution in [0.5, 0.6) is 17.4 Å². The van der Waals surface area contributed by atoms with Crippen molar-refractivity contribution < 1.29 is 19.4 Å². The number of nitrogens with zero attached hydrogens (tertiary/aromatic N) is 3. The van der Waals surface area contributed by atoms with E-state index in [4.69, 9.17) is 9.47 Å². The van der Waals surface area contributed by atoms with Gasteiger partial charge in [-0.15, -0.1) is 0 Å². The van der Waals surface area contributed by atoms with Gasteiger partial charge >= 0.3 is 0 Å². The van der Waals surface area contributed by atoms with Crippen LogP contribution in [0.4, 0.5) is 0 Å². The first-order valence-electron chi connectivity index (χ1n) is 9.03. The lowest BCUT2D eigenvalue weighted by molar-refractivity contribution is 0.0827. The van der Waals surface area contributed by atoms with E-state index in [-0.39, 0.29) is 11.7 Å². The third-order valence-electron chi connectivity index (χ3n) is 4.29. The second-order valence-electron chi connectivity index (χ2n) is 6.79. The van der Waals surface area contributed by atoms with E-state index < -0.39 is 0 Å². The zero-order valence-corrected chi connectivity index (χ0v) is 16.8. The standard InChI is InChI=1S/C22H23N3O4/c1-14-12-23-20(16-9-17(11-18(26)10-16)22(27)25(2)3)24-21(14)29-13-15-5-7-19(28-4)8-6-15/h5-12,26H,13H2,1-4H3. The van der Waals surface area contributed by atoms with Crippen molar-refractivity contribution in [3.8, 4) is 28.8 Å². The summed E-state index contributed by atoms with van der Waals surface area (Å²) in [6.07, 6.45) is 1.66. The minimum Gasteiger partial charge on any atom is -0.508 e. The summed E-state index contributed by atoms with van der Waals surface area (Å²) < 4.78 is 11.0. The predicted molar refractivity (Wildman–Crippen MR) is 109 cm³/mol. The number of phenols is 1. The summed E-state index contributed by atoms with van der Waals surface area (Å²) in [5, 5.41) is 10.0. The lowest BCUT2D eigenvalue weighted by Crippen LogP contribution is -2.21. The molecule has 3 aromatic rings. The van der Waals surface area contributed by atoms with Gasteiger partial charge in [-0.25, -0.2) is 4.98 Å². The van der Waals surface area contributed by atoms with Crippen molar-refractivity contribution in [2.24, 2.45) is 0 Å². The first-order valence-corrected chi connectivity index (χ1v) is 9.03. The highest BCUT2D eigenvalue weighted by molar-refractivity contribution is 5.95. The fourth-order valence-electron chi connectivity index (χ4n) is 2.71. The topological polar surface area (TPSA) is 84.8 Å². The van der Waals surface area contributed by atoms with E-state index in [1.165, 1.54) is 17.0 Å². The minimum absolute atomic E-state index is 0.0300. The van der Waals surface area contributed by atoms with E-state index in [1.807, 2.05) is 31.2 Å². The molecule has 0 saturated carbocycles. The highest BCUT2D eigenvalue weighted by atomic mass is 16.5. The van der Waals surface area contributed by atoms with E-state index in [0.717, 1.165) is 16.9 Å². The number of amides is 1. The molecule has 0 unspecified atom stereocenters. The van der Waals surface area contributed by atoms with Crippen LogP contribution < -0.4 is 9.47 Å². The third-order valence-corrected chi connectivity index (χ3v) is 4.29. The van der Waals surface area contributed by atoms with Crippen molar-refractivity contribution in [1.82, 2.24) is 14.9 Å². The Labute approximate surface area is 169 Å². The van der Waals surface area contributed by atoms with Crippen LogP contribution in [0.2, 0.25) is 0 Å². The Kier molecular flexibility index (Phi) is 5.97. The van der Waals surface area contributed by atoms with Crippen LogP contribution in [-0.2, 0) is 6.61 Å². The molecule has 1 aromatic heterocycles. The molecule has 0 aliphatic carbocycles.